The van der Waals surface area contributed by atoms with Gasteiger partial charge in [0.05, 0.1) is 5.57 Å². The Hall–Kier alpha value is -3.14. The van der Waals surface area contributed by atoms with Crippen LogP contribution in [-0.4, -0.2) is 64.0 Å². The lowest BCUT2D eigenvalue weighted by molar-refractivity contribution is -0.155. The number of hydrogen-bond donors (Lipinski definition) is 2. The number of carboxylic acids is 2. The summed E-state index contributed by atoms with van der Waals surface area (Å²) in [5, 5.41) is 17.7. The van der Waals surface area contributed by atoms with Crippen LogP contribution in [-0.2, 0) is 33.4 Å². The van der Waals surface area contributed by atoms with E-state index in [1.165, 1.54) is 18.0 Å². The van der Waals surface area contributed by atoms with Crippen LogP contribution in [0.3, 0.4) is 0 Å². The number of allylic oxidation sites excluding steroid dienone is 1. The average molecular weight is 395 g/mol. The first-order chi connectivity index (χ1) is 13.2. The summed E-state index contributed by atoms with van der Waals surface area (Å²) in [7, 11) is 0. The number of hydrogen-bond acceptors (Lipinski definition) is 8. The summed E-state index contributed by atoms with van der Waals surface area (Å²) in [5.74, 6) is -4.11. The van der Waals surface area contributed by atoms with Gasteiger partial charge in [-0.3, -0.25) is 4.79 Å². The average Bonchev–Trinajstić information content (AvgIpc) is 2.93. The van der Waals surface area contributed by atoms with Crippen molar-refractivity contribution in [2.75, 3.05) is 6.61 Å². The Kier molecular flexibility index (Phi) is 6.94. The smallest absolute Gasteiger partial charge is 0.333 e. The number of ether oxygens (including phenoxy) is 3. The molecule has 152 valence electrons. The zero-order chi connectivity index (χ0) is 20.8. The minimum atomic E-state index is -1.28. The molecule has 0 spiro atoms. The quantitative estimate of drug-likeness (QED) is 0.466. The van der Waals surface area contributed by atoms with Gasteiger partial charge in [-0.05, 0) is 0 Å². The number of esters is 2. The molecule has 1 fully saturated rings. The Morgan fingerprint density at radius 2 is 2.00 bits per heavy atom. The first-order valence-corrected chi connectivity index (χ1v) is 8.47. The summed E-state index contributed by atoms with van der Waals surface area (Å²) in [4.78, 5) is 46.2. The third-order valence-electron chi connectivity index (χ3n) is 4.24. The summed E-state index contributed by atoms with van der Waals surface area (Å²) >= 11 is 0. The van der Waals surface area contributed by atoms with Crippen molar-refractivity contribution in [3.05, 3.63) is 36.2 Å². The van der Waals surface area contributed by atoms with Crippen molar-refractivity contribution < 1.29 is 43.6 Å². The predicted octanol–water partition coefficient (Wildman–Crippen LogP) is 0.651. The summed E-state index contributed by atoms with van der Waals surface area (Å²) in [6, 6.07) is 0. The van der Waals surface area contributed by atoms with Gasteiger partial charge in [-0.2, -0.15) is 0 Å². The van der Waals surface area contributed by atoms with Crippen molar-refractivity contribution in [1.29, 1.82) is 0 Å². The van der Waals surface area contributed by atoms with Crippen LogP contribution in [0.15, 0.2) is 36.2 Å². The monoisotopic (exact) mass is 395 g/mol. The molecule has 2 N–H and O–H groups in total. The zero-order valence-corrected chi connectivity index (χ0v) is 15.3. The van der Waals surface area contributed by atoms with Crippen LogP contribution < -0.4 is 0 Å². The van der Waals surface area contributed by atoms with E-state index < -0.39 is 42.3 Å². The Morgan fingerprint density at radius 3 is 2.61 bits per heavy atom. The lowest BCUT2D eigenvalue weighted by atomic mass is 10.00. The number of rotatable bonds is 7. The molecule has 0 saturated carbocycles. The van der Waals surface area contributed by atoms with Gasteiger partial charge in [-0.25, -0.2) is 14.4 Å². The second kappa shape index (κ2) is 9.18. The van der Waals surface area contributed by atoms with Crippen molar-refractivity contribution in [2.45, 2.75) is 38.7 Å². The van der Waals surface area contributed by atoms with E-state index in [2.05, 4.69) is 0 Å². The normalized spacial score (nSPS) is 26.8. The van der Waals surface area contributed by atoms with Gasteiger partial charge < -0.3 is 29.3 Å². The van der Waals surface area contributed by atoms with Gasteiger partial charge >= 0.3 is 23.9 Å². The van der Waals surface area contributed by atoms with Gasteiger partial charge in [0.15, 0.2) is 12.3 Å². The molecule has 10 nitrogen and oxygen atoms in total. The second-order valence-corrected chi connectivity index (χ2v) is 6.30. The van der Waals surface area contributed by atoms with E-state index in [0.717, 1.165) is 6.08 Å². The van der Waals surface area contributed by atoms with Gasteiger partial charge in [0.2, 0.25) is 0 Å². The van der Waals surface area contributed by atoms with Crippen LogP contribution in [0.1, 0.15) is 20.3 Å². The molecule has 0 aromatic carbocycles. The second-order valence-electron chi connectivity index (χ2n) is 6.30. The highest BCUT2D eigenvalue weighted by Gasteiger charge is 2.47. The highest BCUT2D eigenvalue weighted by atomic mass is 16.6. The van der Waals surface area contributed by atoms with Gasteiger partial charge in [0.1, 0.15) is 12.7 Å². The summed E-state index contributed by atoms with van der Waals surface area (Å²) in [6.45, 7) is 2.80. The van der Waals surface area contributed by atoms with Crippen LogP contribution in [0.25, 0.3) is 0 Å². The Bertz CT molecular complexity index is 739. The lowest BCUT2D eigenvalue weighted by Crippen LogP contribution is -2.40. The lowest BCUT2D eigenvalue weighted by Gasteiger charge is -2.30. The van der Waals surface area contributed by atoms with Crippen molar-refractivity contribution in [2.24, 2.45) is 5.92 Å². The van der Waals surface area contributed by atoms with E-state index in [1.807, 2.05) is 0 Å². The van der Waals surface area contributed by atoms with E-state index in [-0.39, 0.29) is 24.5 Å². The molecule has 2 heterocycles. The minimum Gasteiger partial charge on any atom is -0.478 e. The Labute approximate surface area is 160 Å². The van der Waals surface area contributed by atoms with E-state index >= 15 is 0 Å². The summed E-state index contributed by atoms with van der Waals surface area (Å²) < 4.78 is 16.2. The number of aliphatic carboxylic acids is 2. The highest BCUT2D eigenvalue weighted by Crippen LogP contribution is 2.33. The van der Waals surface area contributed by atoms with Crippen LogP contribution >= 0.6 is 0 Å². The van der Waals surface area contributed by atoms with Gasteiger partial charge in [0.25, 0.3) is 0 Å². The third-order valence-corrected chi connectivity index (χ3v) is 4.24. The molecule has 0 aromatic heterocycles. The van der Waals surface area contributed by atoms with Gasteiger partial charge in [-0.15, -0.1) is 0 Å². The van der Waals surface area contributed by atoms with Crippen molar-refractivity contribution >= 4 is 23.9 Å². The van der Waals surface area contributed by atoms with Crippen molar-refractivity contribution in [1.82, 2.24) is 4.90 Å². The zero-order valence-electron chi connectivity index (χ0n) is 15.3. The first kappa shape index (κ1) is 21.2. The van der Waals surface area contributed by atoms with Crippen LogP contribution in [0.4, 0.5) is 0 Å². The molecule has 10 heteroatoms. The van der Waals surface area contributed by atoms with Crippen molar-refractivity contribution in [3.8, 4) is 0 Å². The first-order valence-electron chi connectivity index (χ1n) is 8.47. The minimum absolute atomic E-state index is 0.147. The largest absolute Gasteiger partial charge is 0.478 e. The van der Waals surface area contributed by atoms with Crippen LogP contribution in [0.2, 0.25) is 0 Å². The molecule has 1 saturated heterocycles. The number of nitrogens with zero attached hydrogens (tertiary/aromatic N) is 1. The molecule has 0 radical (unpaired) electrons. The molecule has 28 heavy (non-hydrogen) atoms. The maximum absolute atomic E-state index is 11.6. The predicted molar refractivity (Wildman–Crippen MR) is 92.4 cm³/mol. The third kappa shape index (κ3) is 5.43. The van der Waals surface area contributed by atoms with Gasteiger partial charge in [0, 0.05) is 43.8 Å². The van der Waals surface area contributed by atoms with Crippen LogP contribution in [0.5, 0.6) is 0 Å². The molecule has 1 unspecified atom stereocenters. The number of carboxylic acid groups (broad SMARTS) is 2. The van der Waals surface area contributed by atoms with Crippen LogP contribution in [0, 0.1) is 5.92 Å². The molecule has 2 aliphatic heterocycles. The Balaban J connectivity index is 2.12. The summed E-state index contributed by atoms with van der Waals surface area (Å²) in [5.41, 5.74) is 0.147. The molecule has 0 aliphatic carbocycles. The molecular weight excluding hydrogens is 374 g/mol. The highest BCUT2D eigenvalue weighted by molar-refractivity contribution is 5.90. The Morgan fingerprint density at radius 1 is 1.29 bits per heavy atom. The summed E-state index contributed by atoms with van der Waals surface area (Å²) in [6.07, 6.45) is 4.18. The standard InChI is InChI=1S/C18H21NO9/c1-10-13(9-26-15(23)6-5-14(21)22)28-17(16(10)27-11(2)20)19-7-3-4-12(8-19)18(24)25/h3,5-8,10,13,16-17H,4,9H2,1-2H3,(H,21,22)(H,24,25)/b6-5+/t10-,13-,16?,17-/m1/s1. The van der Waals surface area contributed by atoms with Crippen molar-refractivity contribution in [3.63, 3.8) is 0 Å². The molecule has 0 aromatic rings. The number of carbonyl (C=O) groups is 4. The van der Waals surface area contributed by atoms with E-state index in [4.69, 9.17) is 19.3 Å². The maximum Gasteiger partial charge on any atom is 0.333 e. The van der Waals surface area contributed by atoms with Gasteiger partial charge in [-0.1, -0.05) is 13.0 Å². The van der Waals surface area contributed by atoms with E-state index in [0.29, 0.717) is 6.08 Å². The molecule has 2 rings (SSSR count). The molecular formula is C18H21NO9. The molecule has 0 amide bonds. The fourth-order valence-electron chi connectivity index (χ4n) is 2.87. The maximum atomic E-state index is 11.6. The topological polar surface area (TPSA) is 140 Å². The fraction of sp³-hybridized carbons (Fsp3) is 0.444. The SMILES string of the molecule is CC(=O)OC1[C@H](N2C=CCC(C(=O)O)=C2)O[C@H](COC(=O)/C=C/C(=O)O)[C@H]1C. The molecule has 2 aliphatic rings. The van der Waals surface area contributed by atoms with E-state index in [9.17, 15) is 24.3 Å². The fourth-order valence-corrected chi connectivity index (χ4v) is 2.87. The number of carbonyl (C=O) groups excluding carboxylic acids is 2. The molecule has 0 bridgehead atoms. The van der Waals surface area contributed by atoms with E-state index in [1.54, 1.807) is 19.2 Å². The molecule has 4 atom stereocenters.